The molecule has 1 aliphatic rings. The van der Waals surface area contributed by atoms with Crippen molar-refractivity contribution in [2.24, 2.45) is 0 Å². The maximum Gasteiger partial charge on any atom is 0.107 e. The molecule has 1 unspecified atom stereocenters. The molecule has 1 aromatic carbocycles. The monoisotopic (exact) mass is 273 g/mol. The second-order valence-corrected chi connectivity index (χ2v) is 6.20. The van der Waals surface area contributed by atoms with Gasteiger partial charge in [-0.3, -0.25) is 0 Å². The Morgan fingerprint density at radius 3 is 3.16 bits per heavy atom. The number of aromatic nitrogens is 1. The van der Waals surface area contributed by atoms with Crippen LogP contribution in [0.15, 0.2) is 24.4 Å². The lowest BCUT2D eigenvalue weighted by Crippen LogP contribution is -2.18. The quantitative estimate of drug-likeness (QED) is 0.842. The number of rotatable bonds is 4. The first-order valence-corrected chi connectivity index (χ1v) is 7.63. The van der Waals surface area contributed by atoms with Crippen molar-refractivity contribution >= 4 is 17.0 Å². The van der Waals surface area contributed by atoms with Crippen LogP contribution in [0.4, 0.5) is 5.69 Å². The van der Waals surface area contributed by atoms with Crippen molar-refractivity contribution in [2.45, 2.75) is 38.8 Å². The maximum atomic E-state index is 5.83. The van der Waals surface area contributed by atoms with E-state index in [4.69, 9.17) is 5.73 Å². The first-order valence-electron chi connectivity index (χ1n) is 6.81. The number of nitrogens with zero attached hydrogens (tertiary/aromatic N) is 1. The smallest absolute Gasteiger partial charge is 0.107 e. The molecule has 0 spiro atoms. The summed E-state index contributed by atoms with van der Waals surface area (Å²) in [7, 11) is 0. The van der Waals surface area contributed by atoms with E-state index in [0.717, 1.165) is 31.5 Å². The SMILES string of the molecule is CCc1cnc(CNC2CCc3cc(N)ccc32)s1. The van der Waals surface area contributed by atoms with Crippen molar-refractivity contribution in [3.8, 4) is 0 Å². The highest BCUT2D eigenvalue weighted by Crippen LogP contribution is 2.32. The largest absolute Gasteiger partial charge is 0.399 e. The molecule has 100 valence electrons. The molecule has 0 fully saturated rings. The third kappa shape index (κ3) is 2.65. The molecule has 2 aromatic rings. The lowest BCUT2D eigenvalue weighted by Gasteiger charge is -2.13. The average molecular weight is 273 g/mol. The standard InChI is InChI=1S/C15H19N3S/c1-2-12-8-18-15(19-12)9-17-14-6-3-10-7-11(16)4-5-13(10)14/h4-5,7-8,14,17H,2-3,6,9,16H2,1H3. The van der Waals surface area contributed by atoms with E-state index in [1.54, 1.807) is 11.3 Å². The first kappa shape index (κ1) is 12.6. The van der Waals surface area contributed by atoms with Gasteiger partial charge in [-0.25, -0.2) is 4.98 Å². The van der Waals surface area contributed by atoms with Gasteiger partial charge in [-0.05, 0) is 42.5 Å². The van der Waals surface area contributed by atoms with Gasteiger partial charge < -0.3 is 11.1 Å². The number of aryl methyl sites for hydroxylation is 2. The molecule has 3 rings (SSSR count). The van der Waals surface area contributed by atoms with Crippen molar-refractivity contribution in [3.63, 3.8) is 0 Å². The normalized spacial score (nSPS) is 17.6. The van der Waals surface area contributed by atoms with E-state index in [9.17, 15) is 0 Å². The molecular formula is C15H19N3S. The van der Waals surface area contributed by atoms with Gasteiger partial charge in [-0.15, -0.1) is 11.3 Å². The number of thiazole rings is 1. The molecule has 0 saturated carbocycles. The molecule has 0 bridgehead atoms. The highest BCUT2D eigenvalue weighted by Gasteiger charge is 2.22. The van der Waals surface area contributed by atoms with E-state index in [1.165, 1.54) is 21.0 Å². The summed E-state index contributed by atoms with van der Waals surface area (Å²) in [5, 5.41) is 4.80. The van der Waals surface area contributed by atoms with Gasteiger partial charge in [-0.2, -0.15) is 0 Å². The Morgan fingerprint density at radius 2 is 2.37 bits per heavy atom. The molecule has 1 aromatic heterocycles. The second-order valence-electron chi connectivity index (χ2n) is 5.00. The predicted molar refractivity (Wildman–Crippen MR) is 80.2 cm³/mol. The number of hydrogen-bond acceptors (Lipinski definition) is 4. The number of hydrogen-bond donors (Lipinski definition) is 2. The van der Waals surface area contributed by atoms with Gasteiger partial charge >= 0.3 is 0 Å². The zero-order valence-electron chi connectivity index (χ0n) is 11.1. The number of benzene rings is 1. The van der Waals surface area contributed by atoms with Gasteiger partial charge in [0.25, 0.3) is 0 Å². The summed E-state index contributed by atoms with van der Waals surface area (Å²) in [6, 6.07) is 6.71. The number of nitrogen functional groups attached to an aromatic ring is 1. The molecule has 0 radical (unpaired) electrons. The van der Waals surface area contributed by atoms with Crippen LogP contribution in [0, 0.1) is 0 Å². The molecule has 0 saturated heterocycles. The Kier molecular flexibility index (Phi) is 3.53. The number of nitrogens with two attached hydrogens (primary N) is 1. The third-order valence-corrected chi connectivity index (χ3v) is 4.84. The molecular weight excluding hydrogens is 254 g/mol. The summed E-state index contributed by atoms with van der Waals surface area (Å²) in [4.78, 5) is 5.81. The number of anilines is 1. The van der Waals surface area contributed by atoms with Gasteiger partial charge in [0.2, 0.25) is 0 Å². The van der Waals surface area contributed by atoms with Crippen LogP contribution in [0.5, 0.6) is 0 Å². The lowest BCUT2D eigenvalue weighted by molar-refractivity contribution is 0.529. The lowest BCUT2D eigenvalue weighted by atomic mass is 10.1. The van der Waals surface area contributed by atoms with Crippen LogP contribution in [-0.2, 0) is 19.4 Å². The van der Waals surface area contributed by atoms with Crippen molar-refractivity contribution < 1.29 is 0 Å². The van der Waals surface area contributed by atoms with Crippen LogP contribution in [0.2, 0.25) is 0 Å². The molecule has 1 atom stereocenters. The zero-order chi connectivity index (χ0) is 13.2. The fourth-order valence-electron chi connectivity index (χ4n) is 2.65. The Bertz CT molecular complexity index is 577. The molecule has 0 amide bonds. The van der Waals surface area contributed by atoms with E-state index < -0.39 is 0 Å². The summed E-state index contributed by atoms with van der Waals surface area (Å²) in [5.74, 6) is 0. The molecule has 19 heavy (non-hydrogen) atoms. The second kappa shape index (κ2) is 5.31. The van der Waals surface area contributed by atoms with Crippen molar-refractivity contribution in [1.82, 2.24) is 10.3 Å². The van der Waals surface area contributed by atoms with Crippen LogP contribution < -0.4 is 11.1 Å². The third-order valence-electron chi connectivity index (χ3n) is 3.69. The summed E-state index contributed by atoms with van der Waals surface area (Å²) >= 11 is 1.81. The molecule has 0 aliphatic heterocycles. The molecule has 4 heteroatoms. The molecule has 1 heterocycles. The Hall–Kier alpha value is -1.39. The average Bonchev–Trinajstić information content (AvgIpc) is 3.02. The number of nitrogens with one attached hydrogen (secondary N) is 1. The van der Waals surface area contributed by atoms with Crippen LogP contribution >= 0.6 is 11.3 Å². The minimum Gasteiger partial charge on any atom is -0.399 e. The maximum absolute atomic E-state index is 5.83. The molecule has 1 aliphatic carbocycles. The molecule has 3 N–H and O–H groups in total. The van der Waals surface area contributed by atoms with Crippen molar-refractivity contribution in [2.75, 3.05) is 5.73 Å². The fraction of sp³-hybridized carbons (Fsp3) is 0.400. The predicted octanol–water partition coefficient (Wildman–Crippen LogP) is 3.06. The van der Waals surface area contributed by atoms with Crippen molar-refractivity contribution in [3.05, 3.63) is 45.4 Å². The van der Waals surface area contributed by atoms with Crippen LogP contribution in [0.3, 0.4) is 0 Å². The Labute approximate surface area is 117 Å². The highest BCUT2D eigenvalue weighted by molar-refractivity contribution is 7.11. The topological polar surface area (TPSA) is 50.9 Å². The first-order chi connectivity index (χ1) is 9.26. The molecule has 3 nitrogen and oxygen atoms in total. The Balaban J connectivity index is 1.66. The van der Waals surface area contributed by atoms with Gasteiger partial charge in [0.05, 0.1) is 0 Å². The summed E-state index contributed by atoms with van der Waals surface area (Å²) in [5.41, 5.74) is 9.50. The van der Waals surface area contributed by atoms with E-state index in [-0.39, 0.29) is 0 Å². The minimum atomic E-state index is 0.449. The van der Waals surface area contributed by atoms with E-state index in [0.29, 0.717) is 6.04 Å². The summed E-state index contributed by atoms with van der Waals surface area (Å²) in [6.45, 7) is 3.03. The van der Waals surface area contributed by atoms with E-state index >= 15 is 0 Å². The van der Waals surface area contributed by atoms with Crippen LogP contribution in [-0.4, -0.2) is 4.98 Å². The van der Waals surface area contributed by atoms with Gasteiger partial charge in [0, 0.05) is 29.3 Å². The van der Waals surface area contributed by atoms with Gasteiger partial charge in [0.1, 0.15) is 5.01 Å². The summed E-state index contributed by atoms with van der Waals surface area (Å²) in [6.07, 6.45) is 5.34. The summed E-state index contributed by atoms with van der Waals surface area (Å²) < 4.78 is 0. The van der Waals surface area contributed by atoms with Gasteiger partial charge in [-0.1, -0.05) is 13.0 Å². The number of fused-ring (bicyclic) bond motifs is 1. The fourth-order valence-corrected chi connectivity index (χ4v) is 3.47. The minimum absolute atomic E-state index is 0.449. The Morgan fingerprint density at radius 1 is 1.47 bits per heavy atom. The van der Waals surface area contributed by atoms with Crippen LogP contribution in [0.1, 0.15) is 40.4 Å². The van der Waals surface area contributed by atoms with Crippen LogP contribution in [0.25, 0.3) is 0 Å². The highest BCUT2D eigenvalue weighted by atomic mass is 32.1. The van der Waals surface area contributed by atoms with E-state index in [1.807, 2.05) is 12.3 Å². The van der Waals surface area contributed by atoms with Crippen molar-refractivity contribution in [1.29, 1.82) is 0 Å². The van der Waals surface area contributed by atoms with E-state index in [2.05, 4.69) is 29.4 Å². The van der Waals surface area contributed by atoms with Gasteiger partial charge in [0.15, 0.2) is 0 Å². The zero-order valence-corrected chi connectivity index (χ0v) is 12.0.